The van der Waals surface area contributed by atoms with E-state index in [1.807, 2.05) is 6.92 Å². The maximum absolute atomic E-state index is 10.9. The van der Waals surface area contributed by atoms with E-state index < -0.39 is 0 Å². The molecule has 0 aliphatic rings. The summed E-state index contributed by atoms with van der Waals surface area (Å²) in [6.45, 7) is 1.81. The molecule has 1 rings (SSSR count). The highest BCUT2D eigenvalue weighted by atomic mass is 16.1. The lowest BCUT2D eigenvalue weighted by atomic mass is 10.3. The second-order valence-electron chi connectivity index (χ2n) is 2.04. The fourth-order valence-electron chi connectivity index (χ4n) is 0.686. The van der Waals surface area contributed by atoms with Gasteiger partial charge in [-0.05, 0) is 6.92 Å². The molecule has 0 spiro atoms. The van der Waals surface area contributed by atoms with E-state index in [2.05, 4.69) is 10.4 Å². The molecule has 0 bridgehead atoms. The number of aryl methyl sites for hydroxylation is 1. The third-order valence-electron chi connectivity index (χ3n) is 1.21. The summed E-state index contributed by atoms with van der Waals surface area (Å²) in [4.78, 5) is 13.8. The number of pyridine rings is 1. The van der Waals surface area contributed by atoms with E-state index in [9.17, 15) is 4.79 Å². The molecule has 4 N–H and O–H groups in total. The van der Waals surface area contributed by atoms with Gasteiger partial charge in [-0.25, -0.2) is 0 Å². The van der Waals surface area contributed by atoms with Crippen molar-refractivity contribution >= 4 is 5.69 Å². The molecule has 54 valence electrons. The molecule has 1 aromatic rings. The van der Waals surface area contributed by atoms with Gasteiger partial charge >= 0.3 is 0 Å². The number of nitrogens with two attached hydrogens (primary N) is 1. The van der Waals surface area contributed by atoms with Crippen LogP contribution < -0.4 is 16.7 Å². The Balaban J connectivity index is 3.20. The minimum atomic E-state index is -0.0984. The molecule has 0 aliphatic heterocycles. The molecule has 0 amide bonds. The van der Waals surface area contributed by atoms with E-state index in [0.717, 1.165) is 5.69 Å². The molecule has 10 heavy (non-hydrogen) atoms. The largest absolute Gasteiger partial charge is 0.363 e. The number of aromatic amines is 1. The molecule has 0 unspecified atom stereocenters. The average Bonchev–Trinajstić information content (AvgIpc) is 1.88. The topological polar surface area (TPSA) is 70.9 Å². The van der Waals surface area contributed by atoms with Crippen molar-refractivity contribution in [1.29, 1.82) is 0 Å². The Morgan fingerprint density at radius 3 is 2.90 bits per heavy atom. The molecular weight excluding hydrogens is 130 g/mol. The summed E-state index contributed by atoms with van der Waals surface area (Å²) in [7, 11) is 0. The summed E-state index contributed by atoms with van der Waals surface area (Å²) >= 11 is 0. The predicted octanol–water partition coefficient (Wildman–Crippen LogP) is -0.0311. The van der Waals surface area contributed by atoms with E-state index in [0.29, 0.717) is 5.69 Å². The van der Waals surface area contributed by atoms with Crippen LogP contribution in [-0.2, 0) is 0 Å². The Bertz CT molecular complexity index is 279. The van der Waals surface area contributed by atoms with Gasteiger partial charge in [0.05, 0.1) is 0 Å². The highest BCUT2D eigenvalue weighted by molar-refractivity contribution is 5.39. The molecule has 0 radical (unpaired) electrons. The summed E-state index contributed by atoms with van der Waals surface area (Å²) in [6.07, 6.45) is 1.54. The highest BCUT2D eigenvalue weighted by Crippen LogP contribution is 1.93. The van der Waals surface area contributed by atoms with Gasteiger partial charge in [-0.3, -0.25) is 10.6 Å². The monoisotopic (exact) mass is 139 g/mol. The smallest absolute Gasteiger partial charge is 0.206 e. The van der Waals surface area contributed by atoms with Crippen LogP contribution >= 0.6 is 0 Å². The quantitative estimate of drug-likeness (QED) is 0.378. The van der Waals surface area contributed by atoms with Crippen LogP contribution in [0.4, 0.5) is 5.69 Å². The van der Waals surface area contributed by atoms with Gasteiger partial charge in [0.15, 0.2) is 0 Å². The van der Waals surface area contributed by atoms with Gasteiger partial charge in [0.25, 0.3) is 0 Å². The van der Waals surface area contributed by atoms with Crippen LogP contribution in [-0.4, -0.2) is 4.98 Å². The maximum Gasteiger partial charge on any atom is 0.206 e. The van der Waals surface area contributed by atoms with Gasteiger partial charge in [0.2, 0.25) is 5.43 Å². The normalized spacial score (nSPS) is 9.40. The zero-order valence-corrected chi connectivity index (χ0v) is 5.64. The van der Waals surface area contributed by atoms with Crippen molar-refractivity contribution in [1.82, 2.24) is 4.98 Å². The molecule has 0 saturated carbocycles. The van der Waals surface area contributed by atoms with Gasteiger partial charge in [0, 0.05) is 18.0 Å². The number of H-pyrrole nitrogens is 1. The molecular formula is C6H9N3O. The minimum absolute atomic E-state index is 0.0984. The third-order valence-corrected chi connectivity index (χ3v) is 1.21. The lowest BCUT2D eigenvalue weighted by Crippen LogP contribution is -2.16. The van der Waals surface area contributed by atoms with Gasteiger partial charge in [0.1, 0.15) is 5.69 Å². The summed E-state index contributed by atoms with van der Waals surface area (Å²) in [5.74, 6) is 5.03. The maximum atomic E-state index is 10.9. The number of nitrogen functional groups attached to an aromatic ring is 1. The zero-order valence-electron chi connectivity index (χ0n) is 5.64. The zero-order chi connectivity index (χ0) is 7.56. The summed E-state index contributed by atoms with van der Waals surface area (Å²) < 4.78 is 0. The number of hydrogen-bond donors (Lipinski definition) is 3. The fourth-order valence-corrected chi connectivity index (χ4v) is 0.686. The first-order valence-electron chi connectivity index (χ1n) is 2.90. The second-order valence-corrected chi connectivity index (χ2v) is 2.04. The van der Waals surface area contributed by atoms with Crippen molar-refractivity contribution in [3.05, 3.63) is 28.2 Å². The number of hydrazine groups is 1. The van der Waals surface area contributed by atoms with Gasteiger partial charge in [-0.2, -0.15) is 0 Å². The van der Waals surface area contributed by atoms with E-state index in [1.54, 1.807) is 0 Å². The molecule has 1 aromatic heterocycles. The van der Waals surface area contributed by atoms with E-state index in [1.165, 1.54) is 12.3 Å². The molecule has 0 atom stereocenters. The fraction of sp³-hybridized carbons (Fsp3) is 0.167. The van der Waals surface area contributed by atoms with Crippen molar-refractivity contribution in [3.8, 4) is 0 Å². The summed E-state index contributed by atoms with van der Waals surface area (Å²) in [5, 5.41) is 0. The molecule has 4 nitrogen and oxygen atoms in total. The standard InChI is InChI=1S/C6H9N3O/c1-4-2-6(10)5(9-7)3-8-4/h2-3,9H,7H2,1H3,(H,8,10). The van der Waals surface area contributed by atoms with Gasteiger partial charge in [-0.1, -0.05) is 0 Å². The van der Waals surface area contributed by atoms with E-state index in [-0.39, 0.29) is 5.43 Å². The van der Waals surface area contributed by atoms with Gasteiger partial charge < -0.3 is 10.4 Å². The SMILES string of the molecule is Cc1cc(=O)c(NN)c[nH]1. The Morgan fingerprint density at radius 2 is 2.40 bits per heavy atom. The Labute approximate surface area is 58.0 Å². The molecule has 0 aliphatic carbocycles. The third kappa shape index (κ3) is 1.16. The van der Waals surface area contributed by atoms with E-state index in [4.69, 9.17) is 5.84 Å². The van der Waals surface area contributed by atoms with E-state index >= 15 is 0 Å². The lowest BCUT2D eigenvalue weighted by Gasteiger charge is -1.97. The number of hydrogen-bond acceptors (Lipinski definition) is 3. The average molecular weight is 139 g/mol. The van der Waals surface area contributed by atoms with Crippen LogP contribution in [0.15, 0.2) is 17.1 Å². The highest BCUT2D eigenvalue weighted by Gasteiger charge is 1.93. The first-order chi connectivity index (χ1) is 4.74. The van der Waals surface area contributed by atoms with Crippen molar-refractivity contribution in [2.45, 2.75) is 6.92 Å². The Morgan fingerprint density at radius 1 is 1.70 bits per heavy atom. The molecule has 0 aromatic carbocycles. The molecule has 0 fully saturated rings. The number of anilines is 1. The van der Waals surface area contributed by atoms with Crippen LogP contribution in [0.3, 0.4) is 0 Å². The predicted molar refractivity (Wildman–Crippen MR) is 39.6 cm³/mol. The van der Waals surface area contributed by atoms with Crippen LogP contribution in [0, 0.1) is 6.92 Å². The summed E-state index contributed by atoms with van der Waals surface area (Å²) in [6, 6.07) is 1.48. The van der Waals surface area contributed by atoms with Crippen molar-refractivity contribution in [3.63, 3.8) is 0 Å². The van der Waals surface area contributed by atoms with Crippen molar-refractivity contribution < 1.29 is 0 Å². The van der Waals surface area contributed by atoms with Crippen molar-refractivity contribution in [2.75, 3.05) is 5.43 Å². The van der Waals surface area contributed by atoms with Crippen LogP contribution in [0.1, 0.15) is 5.69 Å². The molecule has 1 heterocycles. The van der Waals surface area contributed by atoms with Crippen LogP contribution in [0.5, 0.6) is 0 Å². The van der Waals surface area contributed by atoms with Crippen LogP contribution in [0.25, 0.3) is 0 Å². The Hall–Kier alpha value is -1.29. The first kappa shape index (κ1) is 6.82. The number of nitrogens with one attached hydrogen (secondary N) is 2. The van der Waals surface area contributed by atoms with Gasteiger partial charge in [-0.15, -0.1) is 0 Å². The Kier molecular flexibility index (Phi) is 1.73. The molecule has 0 saturated heterocycles. The number of aromatic nitrogens is 1. The lowest BCUT2D eigenvalue weighted by molar-refractivity contribution is 1.17. The molecule has 4 heteroatoms. The van der Waals surface area contributed by atoms with Crippen LogP contribution in [0.2, 0.25) is 0 Å². The number of rotatable bonds is 1. The summed E-state index contributed by atoms with van der Waals surface area (Å²) in [5.41, 5.74) is 3.38. The van der Waals surface area contributed by atoms with Crippen molar-refractivity contribution in [2.24, 2.45) is 5.84 Å². The minimum Gasteiger partial charge on any atom is -0.363 e. The second kappa shape index (κ2) is 2.53. The first-order valence-corrected chi connectivity index (χ1v) is 2.90.